The van der Waals surface area contributed by atoms with Crippen LogP contribution in [-0.4, -0.2) is 4.98 Å². The molecule has 0 N–H and O–H groups in total. The third-order valence-electron chi connectivity index (χ3n) is 3.46. The van der Waals surface area contributed by atoms with Gasteiger partial charge in [-0.25, -0.2) is 9.37 Å². The van der Waals surface area contributed by atoms with Crippen LogP contribution in [-0.2, 0) is 6.61 Å². The SMILES string of the molecule is Cc1ccc(OCc2oc(-c3c(F)cccc3Cl)nc2C)cc1. The van der Waals surface area contributed by atoms with E-state index in [1.807, 2.05) is 31.2 Å². The Morgan fingerprint density at radius 2 is 1.87 bits per heavy atom. The van der Waals surface area contributed by atoms with Crippen LogP contribution in [0.2, 0.25) is 5.02 Å². The molecule has 0 aliphatic carbocycles. The van der Waals surface area contributed by atoms with Gasteiger partial charge in [-0.1, -0.05) is 35.4 Å². The molecule has 0 amide bonds. The first-order chi connectivity index (χ1) is 11.0. The molecule has 0 saturated heterocycles. The zero-order valence-corrected chi connectivity index (χ0v) is 13.5. The first-order valence-corrected chi connectivity index (χ1v) is 7.52. The predicted molar refractivity (Wildman–Crippen MR) is 87.2 cm³/mol. The highest BCUT2D eigenvalue weighted by Crippen LogP contribution is 2.31. The number of rotatable bonds is 4. The molecule has 0 aliphatic heterocycles. The Labute approximate surface area is 138 Å². The fraction of sp³-hybridized carbons (Fsp3) is 0.167. The van der Waals surface area contributed by atoms with E-state index in [9.17, 15) is 4.39 Å². The van der Waals surface area contributed by atoms with E-state index in [-0.39, 0.29) is 23.1 Å². The van der Waals surface area contributed by atoms with Crippen molar-refractivity contribution in [2.45, 2.75) is 20.5 Å². The van der Waals surface area contributed by atoms with Gasteiger partial charge in [-0.2, -0.15) is 0 Å². The topological polar surface area (TPSA) is 35.3 Å². The molecule has 0 fully saturated rings. The second-order valence-electron chi connectivity index (χ2n) is 5.23. The first-order valence-electron chi connectivity index (χ1n) is 7.15. The molecule has 0 aliphatic rings. The molecule has 3 nitrogen and oxygen atoms in total. The lowest BCUT2D eigenvalue weighted by atomic mass is 10.2. The van der Waals surface area contributed by atoms with E-state index >= 15 is 0 Å². The van der Waals surface area contributed by atoms with Gasteiger partial charge in [0.2, 0.25) is 5.89 Å². The maximum Gasteiger partial charge on any atom is 0.231 e. The second-order valence-corrected chi connectivity index (χ2v) is 5.63. The highest BCUT2D eigenvalue weighted by Gasteiger charge is 2.18. The van der Waals surface area contributed by atoms with Gasteiger partial charge in [0.25, 0.3) is 0 Å². The molecule has 3 aromatic rings. The number of halogens is 2. The Bertz CT molecular complexity index is 807. The van der Waals surface area contributed by atoms with Crippen molar-refractivity contribution in [2.75, 3.05) is 0 Å². The summed E-state index contributed by atoms with van der Waals surface area (Å²) in [6.07, 6.45) is 0. The fourth-order valence-corrected chi connectivity index (χ4v) is 2.40. The van der Waals surface area contributed by atoms with Crippen LogP contribution in [0.1, 0.15) is 17.0 Å². The van der Waals surface area contributed by atoms with Gasteiger partial charge in [0.15, 0.2) is 5.76 Å². The minimum Gasteiger partial charge on any atom is -0.486 e. The molecule has 0 unspecified atom stereocenters. The molecule has 3 rings (SSSR count). The first kappa shape index (κ1) is 15.6. The van der Waals surface area contributed by atoms with Crippen LogP contribution < -0.4 is 4.74 Å². The molecular weight excluding hydrogens is 317 g/mol. The van der Waals surface area contributed by atoms with Crippen LogP contribution in [0.5, 0.6) is 5.75 Å². The van der Waals surface area contributed by atoms with Crippen LogP contribution in [0.3, 0.4) is 0 Å². The number of hydrogen-bond acceptors (Lipinski definition) is 3. The van der Waals surface area contributed by atoms with Gasteiger partial charge in [-0.15, -0.1) is 0 Å². The minimum atomic E-state index is -0.468. The summed E-state index contributed by atoms with van der Waals surface area (Å²) in [7, 11) is 0. The Hall–Kier alpha value is -2.33. The van der Waals surface area contributed by atoms with Crippen molar-refractivity contribution in [3.63, 3.8) is 0 Å². The zero-order valence-electron chi connectivity index (χ0n) is 12.8. The van der Waals surface area contributed by atoms with Gasteiger partial charge < -0.3 is 9.15 Å². The van der Waals surface area contributed by atoms with E-state index in [4.69, 9.17) is 20.8 Å². The van der Waals surface area contributed by atoms with E-state index in [1.165, 1.54) is 6.07 Å². The van der Waals surface area contributed by atoms with Gasteiger partial charge in [-0.3, -0.25) is 0 Å². The highest BCUT2D eigenvalue weighted by molar-refractivity contribution is 6.33. The zero-order chi connectivity index (χ0) is 16.4. The number of nitrogens with zero attached hydrogens (tertiary/aromatic N) is 1. The Morgan fingerprint density at radius 1 is 1.13 bits per heavy atom. The summed E-state index contributed by atoms with van der Waals surface area (Å²) >= 11 is 6.04. The molecular formula is C18H15ClFNO2. The summed E-state index contributed by atoms with van der Waals surface area (Å²) in [5.41, 5.74) is 1.97. The van der Waals surface area contributed by atoms with Gasteiger partial charge in [0.05, 0.1) is 16.3 Å². The van der Waals surface area contributed by atoms with Gasteiger partial charge >= 0.3 is 0 Å². The third-order valence-corrected chi connectivity index (χ3v) is 3.78. The largest absolute Gasteiger partial charge is 0.486 e. The van der Waals surface area contributed by atoms with Crippen molar-refractivity contribution in [1.82, 2.24) is 4.98 Å². The molecule has 2 aromatic carbocycles. The van der Waals surface area contributed by atoms with Crippen LogP contribution in [0.25, 0.3) is 11.5 Å². The normalized spacial score (nSPS) is 10.8. The number of aryl methyl sites for hydroxylation is 2. The lowest BCUT2D eigenvalue weighted by molar-refractivity contribution is 0.270. The van der Waals surface area contributed by atoms with E-state index in [0.29, 0.717) is 11.5 Å². The molecule has 0 saturated carbocycles. The van der Waals surface area contributed by atoms with Gasteiger partial charge in [-0.05, 0) is 38.1 Å². The Kier molecular flexibility index (Phi) is 4.35. The second kappa shape index (κ2) is 6.42. The number of ether oxygens (including phenoxy) is 1. The van der Waals surface area contributed by atoms with Crippen LogP contribution in [0, 0.1) is 19.7 Å². The summed E-state index contributed by atoms with van der Waals surface area (Å²) in [6, 6.07) is 12.2. The minimum absolute atomic E-state index is 0.160. The molecule has 0 radical (unpaired) electrons. The van der Waals surface area contributed by atoms with E-state index in [1.54, 1.807) is 19.1 Å². The molecule has 118 valence electrons. The van der Waals surface area contributed by atoms with Crippen molar-refractivity contribution < 1.29 is 13.5 Å². The predicted octanol–water partition coefficient (Wildman–Crippen LogP) is 5.33. The maximum absolute atomic E-state index is 14.0. The number of hydrogen-bond donors (Lipinski definition) is 0. The molecule has 1 heterocycles. The number of oxazole rings is 1. The Morgan fingerprint density at radius 3 is 2.57 bits per heavy atom. The maximum atomic E-state index is 14.0. The molecule has 5 heteroatoms. The van der Waals surface area contributed by atoms with Gasteiger partial charge in [0, 0.05) is 0 Å². The average Bonchev–Trinajstić information content (AvgIpc) is 2.87. The highest BCUT2D eigenvalue weighted by atomic mass is 35.5. The van der Waals surface area contributed by atoms with Crippen LogP contribution in [0.15, 0.2) is 46.9 Å². The van der Waals surface area contributed by atoms with E-state index in [0.717, 1.165) is 11.3 Å². The molecule has 0 atom stereocenters. The monoisotopic (exact) mass is 331 g/mol. The molecule has 1 aromatic heterocycles. The standard InChI is InChI=1S/C18H15ClFNO2/c1-11-6-8-13(9-7-11)22-10-16-12(2)21-18(23-16)17-14(19)4-3-5-15(17)20/h3-9H,10H2,1-2H3. The van der Waals surface area contributed by atoms with Crippen molar-refractivity contribution in [1.29, 1.82) is 0 Å². The number of benzene rings is 2. The van der Waals surface area contributed by atoms with Crippen molar-refractivity contribution >= 4 is 11.6 Å². The number of aromatic nitrogens is 1. The smallest absolute Gasteiger partial charge is 0.231 e. The summed E-state index contributed by atoms with van der Waals surface area (Å²) in [4.78, 5) is 4.26. The summed E-state index contributed by atoms with van der Waals surface area (Å²) in [5, 5.41) is 0.261. The lowest BCUT2D eigenvalue weighted by Crippen LogP contribution is -1.95. The average molecular weight is 332 g/mol. The van der Waals surface area contributed by atoms with Crippen molar-refractivity contribution in [3.05, 3.63) is 70.3 Å². The lowest BCUT2D eigenvalue weighted by Gasteiger charge is -2.04. The van der Waals surface area contributed by atoms with Gasteiger partial charge in [0.1, 0.15) is 18.2 Å². The van der Waals surface area contributed by atoms with Crippen molar-refractivity contribution in [2.24, 2.45) is 0 Å². The summed E-state index contributed by atoms with van der Waals surface area (Å²) in [5.74, 6) is 0.967. The van der Waals surface area contributed by atoms with E-state index in [2.05, 4.69) is 4.98 Å². The molecule has 0 spiro atoms. The quantitative estimate of drug-likeness (QED) is 0.648. The summed E-state index contributed by atoms with van der Waals surface area (Å²) < 4.78 is 25.3. The van der Waals surface area contributed by atoms with Crippen LogP contribution in [0.4, 0.5) is 4.39 Å². The summed E-state index contributed by atoms with van der Waals surface area (Å²) in [6.45, 7) is 4.01. The molecule has 0 bridgehead atoms. The third kappa shape index (κ3) is 3.37. The fourth-order valence-electron chi connectivity index (χ4n) is 2.15. The Balaban J connectivity index is 1.82. The van der Waals surface area contributed by atoms with Crippen LogP contribution >= 0.6 is 11.6 Å². The van der Waals surface area contributed by atoms with Crippen molar-refractivity contribution in [3.8, 4) is 17.2 Å². The van der Waals surface area contributed by atoms with E-state index < -0.39 is 5.82 Å². The molecule has 23 heavy (non-hydrogen) atoms.